The molecule has 0 radical (unpaired) electrons. The molecule has 0 aliphatic heterocycles. The van der Waals surface area contributed by atoms with Gasteiger partial charge in [0.1, 0.15) is 5.82 Å². The number of halogens is 1. The maximum atomic E-state index is 14.6. The molecule has 1 aliphatic rings. The molecule has 26 heavy (non-hydrogen) atoms. The van der Waals surface area contributed by atoms with Crippen LogP contribution in [0, 0.1) is 11.7 Å². The molecule has 0 atom stereocenters. The number of hydrogen-bond donors (Lipinski definition) is 0. The third kappa shape index (κ3) is 3.58. The Hall–Kier alpha value is -2.41. The molecule has 1 heteroatoms. The molecule has 132 valence electrons. The van der Waals surface area contributed by atoms with Crippen molar-refractivity contribution in [3.63, 3.8) is 0 Å². The second-order valence-electron chi connectivity index (χ2n) is 7.64. The summed E-state index contributed by atoms with van der Waals surface area (Å²) in [4.78, 5) is 0. The normalized spacial score (nSPS) is 20.1. The molecule has 0 N–H and O–H groups in total. The van der Waals surface area contributed by atoms with Crippen LogP contribution in [0.5, 0.6) is 0 Å². The van der Waals surface area contributed by atoms with Crippen molar-refractivity contribution < 1.29 is 4.39 Å². The van der Waals surface area contributed by atoms with Crippen LogP contribution in [0.15, 0.2) is 72.8 Å². The lowest BCUT2D eigenvalue weighted by atomic mass is 9.79. The van der Waals surface area contributed by atoms with Gasteiger partial charge in [-0.2, -0.15) is 0 Å². The fourth-order valence-electron chi connectivity index (χ4n) is 4.09. The van der Waals surface area contributed by atoms with E-state index in [9.17, 15) is 4.39 Å². The average molecular weight is 344 g/mol. The van der Waals surface area contributed by atoms with E-state index in [-0.39, 0.29) is 5.82 Å². The average Bonchev–Trinajstić information content (AvgIpc) is 2.69. The molecule has 0 nitrogen and oxygen atoms in total. The van der Waals surface area contributed by atoms with Crippen LogP contribution in [-0.2, 0) is 0 Å². The summed E-state index contributed by atoms with van der Waals surface area (Å²) >= 11 is 0. The SMILES string of the molecule is CC1CCC(c2ccc(-c3ccc(-c4ccccc4)c(F)c3)cc2)CC1. The first-order valence-corrected chi connectivity index (χ1v) is 9.66. The van der Waals surface area contributed by atoms with Crippen LogP contribution in [0.1, 0.15) is 44.1 Å². The molecule has 3 aromatic carbocycles. The first kappa shape index (κ1) is 17.0. The molecule has 0 aromatic heterocycles. The van der Waals surface area contributed by atoms with Crippen molar-refractivity contribution >= 4 is 0 Å². The van der Waals surface area contributed by atoms with Gasteiger partial charge in [0.25, 0.3) is 0 Å². The van der Waals surface area contributed by atoms with E-state index >= 15 is 0 Å². The number of hydrogen-bond acceptors (Lipinski definition) is 0. The Bertz CT molecular complexity index is 856. The van der Waals surface area contributed by atoms with Gasteiger partial charge in [0.15, 0.2) is 0 Å². The maximum absolute atomic E-state index is 14.6. The molecular weight excluding hydrogens is 319 g/mol. The van der Waals surface area contributed by atoms with Crippen molar-refractivity contribution in [3.8, 4) is 22.3 Å². The van der Waals surface area contributed by atoms with Crippen LogP contribution in [0.4, 0.5) is 4.39 Å². The minimum Gasteiger partial charge on any atom is -0.206 e. The molecule has 0 amide bonds. The van der Waals surface area contributed by atoms with E-state index in [1.807, 2.05) is 42.5 Å². The van der Waals surface area contributed by atoms with E-state index in [2.05, 4.69) is 31.2 Å². The molecule has 0 spiro atoms. The Morgan fingerprint density at radius 2 is 1.35 bits per heavy atom. The van der Waals surface area contributed by atoms with Gasteiger partial charge in [0, 0.05) is 5.56 Å². The molecule has 3 aromatic rings. The van der Waals surface area contributed by atoms with Gasteiger partial charge < -0.3 is 0 Å². The van der Waals surface area contributed by atoms with E-state index in [4.69, 9.17) is 0 Å². The lowest BCUT2D eigenvalue weighted by Gasteiger charge is -2.26. The molecule has 0 saturated heterocycles. The summed E-state index contributed by atoms with van der Waals surface area (Å²) in [6, 6.07) is 24.0. The third-order valence-electron chi connectivity index (χ3n) is 5.79. The zero-order valence-electron chi connectivity index (χ0n) is 15.3. The van der Waals surface area contributed by atoms with Gasteiger partial charge in [0.05, 0.1) is 0 Å². The lowest BCUT2D eigenvalue weighted by molar-refractivity contribution is 0.348. The fourth-order valence-corrected chi connectivity index (χ4v) is 4.09. The fraction of sp³-hybridized carbons (Fsp3) is 0.280. The monoisotopic (exact) mass is 344 g/mol. The van der Waals surface area contributed by atoms with Crippen molar-refractivity contribution in [3.05, 3.63) is 84.2 Å². The van der Waals surface area contributed by atoms with Crippen molar-refractivity contribution in [1.82, 2.24) is 0 Å². The summed E-state index contributed by atoms with van der Waals surface area (Å²) in [7, 11) is 0. The largest absolute Gasteiger partial charge is 0.206 e. The first-order chi connectivity index (χ1) is 12.7. The third-order valence-corrected chi connectivity index (χ3v) is 5.79. The summed E-state index contributed by atoms with van der Waals surface area (Å²) in [5.74, 6) is 1.40. The van der Waals surface area contributed by atoms with Gasteiger partial charge in [-0.25, -0.2) is 4.39 Å². The van der Waals surface area contributed by atoms with Crippen molar-refractivity contribution in [2.45, 2.75) is 38.5 Å². The number of benzene rings is 3. The smallest absolute Gasteiger partial charge is 0.131 e. The highest BCUT2D eigenvalue weighted by Crippen LogP contribution is 2.36. The van der Waals surface area contributed by atoms with Gasteiger partial charge in [-0.1, -0.05) is 86.5 Å². The van der Waals surface area contributed by atoms with E-state index in [0.717, 1.165) is 22.6 Å². The molecule has 0 unspecified atom stereocenters. The minimum absolute atomic E-state index is 0.168. The molecule has 4 rings (SSSR count). The highest BCUT2D eigenvalue weighted by Gasteiger charge is 2.19. The van der Waals surface area contributed by atoms with Crippen LogP contribution in [0.2, 0.25) is 0 Å². The zero-order chi connectivity index (χ0) is 17.9. The van der Waals surface area contributed by atoms with E-state index < -0.39 is 0 Å². The Morgan fingerprint density at radius 3 is 2.00 bits per heavy atom. The highest BCUT2D eigenvalue weighted by molar-refractivity contribution is 5.71. The molecular formula is C25H25F. The summed E-state index contributed by atoms with van der Waals surface area (Å²) in [5, 5.41) is 0. The second kappa shape index (κ2) is 7.45. The predicted octanol–water partition coefficient (Wildman–Crippen LogP) is 7.45. The van der Waals surface area contributed by atoms with E-state index in [0.29, 0.717) is 11.5 Å². The predicted molar refractivity (Wildman–Crippen MR) is 108 cm³/mol. The minimum atomic E-state index is -0.168. The maximum Gasteiger partial charge on any atom is 0.131 e. The lowest BCUT2D eigenvalue weighted by Crippen LogP contribution is -2.10. The van der Waals surface area contributed by atoms with Gasteiger partial charge in [-0.05, 0) is 53.0 Å². The Kier molecular flexibility index (Phi) is 4.88. The van der Waals surface area contributed by atoms with Crippen LogP contribution < -0.4 is 0 Å². The van der Waals surface area contributed by atoms with Crippen molar-refractivity contribution in [1.29, 1.82) is 0 Å². The topological polar surface area (TPSA) is 0 Å². The van der Waals surface area contributed by atoms with Crippen LogP contribution in [0.25, 0.3) is 22.3 Å². The highest BCUT2D eigenvalue weighted by atomic mass is 19.1. The van der Waals surface area contributed by atoms with Crippen molar-refractivity contribution in [2.24, 2.45) is 5.92 Å². The molecule has 1 saturated carbocycles. The zero-order valence-corrected chi connectivity index (χ0v) is 15.3. The quantitative estimate of drug-likeness (QED) is 0.463. The summed E-state index contributed by atoms with van der Waals surface area (Å²) in [6.45, 7) is 2.35. The van der Waals surface area contributed by atoms with E-state index in [1.54, 1.807) is 6.07 Å². The second-order valence-corrected chi connectivity index (χ2v) is 7.64. The van der Waals surface area contributed by atoms with Crippen LogP contribution in [-0.4, -0.2) is 0 Å². The van der Waals surface area contributed by atoms with Gasteiger partial charge in [-0.3, -0.25) is 0 Å². The molecule has 0 heterocycles. The Labute approximate surface area is 155 Å². The van der Waals surface area contributed by atoms with Gasteiger partial charge in [-0.15, -0.1) is 0 Å². The van der Waals surface area contributed by atoms with Crippen LogP contribution >= 0.6 is 0 Å². The van der Waals surface area contributed by atoms with Crippen molar-refractivity contribution in [2.75, 3.05) is 0 Å². The summed E-state index contributed by atoms with van der Waals surface area (Å²) in [5.41, 5.74) is 5.02. The summed E-state index contributed by atoms with van der Waals surface area (Å²) < 4.78 is 14.6. The standard InChI is InChI=1S/C25H25F/c1-18-7-9-19(10-8-18)20-11-13-21(14-12-20)23-15-16-24(25(26)17-23)22-5-3-2-4-6-22/h2-6,11-19H,7-10H2,1H3. The van der Waals surface area contributed by atoms with Gasteiger partial charge in [0.2, 0.25) is 0 Å². The summed E-state index contributed by atoms with van der Waals surface area (Å²) in [6.07, 6.45) is 5.25. The van der Waals surface area contributed by atoms with E-state index in [1.165, 1.54) is 31.2 Å². The first-order valence-electron chi connectivity index (χ1n) is 9.66. The molecule has 0 bridgehead atoms. The molecule has 1 fully saturated rings. The Balaban J connectivity index is 1.55. The Morgan fingerprint density at radius 1 is 0.692 bits per heavy atom. The molecule has 1 aliphatic carbocycles. The van der Waals surface area contributed by atoms with Gasteiger partial charge >= 0.3 is 0 Å². The van der Waals surface area contributed by atoms with Crippen LogP contribution in [0.3, 0.4) is 0 Å². The number of rotatable bonds is 3.